The molecule has 3 aromatic rings. The molecular weight excluding hydrogens is 298 g/mol. The standard InChI is InChI=1S/C12H11N3O3S2/c1-2-6(11(17)18)13-9(16)8-5-7-10(20-8)14-12-15(7)3-4-19-12/h3-6H,2H2,1H3,(H,13,16)(H,17,18). The average molecular weight is 309 g/mol. The number of aromatic nitrogens is 2. The van der Waals surface area contributed by atoms with Gasteiger partial charge in [-0.25, -0.2) is 9.78 Å². The zero-order chi connectivity index (χ0) is 14.3. The van der Waals surface area contributed by atoms with Crippen LogP contribution in [-0.2, 0) is 4.79 Å². The highest BCUT2D eigenvalue weighted by atomic mass is 32.1. The highest BCUT2D eigenvalue weighted by molar-refractivity contribution is 7.21. The number of carbonyl (C=O) groups excluding carboxylic acids is 1. The van der Waals surface area contributed by atoms with Crippen LogP contribution in [-0.4, -0.2) is 32.4 Å². The number of carboxylic acid groups (broad SMARTS) is 1. The zero-order valence-electron chi connectivity index (χ0n) is 10.5. The molecule has 0 spiro atoms. The molecule has 0 aliphatic rings. The molecule has 1 unspecified atom stereocenters. The first-order valence-electron chi connectivity index (χ1n) is 5.99. The molecule has 0 aliphatic carbocycles. The van der Waals surface area contributed by atoms with Crippen molar-refractivity contribution in [3.63, 3.8) is 0 Å². The van der Waals surface area contributed by atoms with Gasteiger partial charge >= 0.3 is 5.97 Å². The van der Waals surface area contributed by atoms with E-state index in [9.17, 15) is 9.59 Å². The predicted molar refractivity (Wildman–Crippen MR) is 77.6 cm³/mol. The van der Waals surface area contributed by atoms with Gasteiger partial charge in [0.15, 0.2) is 4.96 Å². The molecule has 0 aromatic carbocycles. The third kappa shape index (κ3) is 2.06. The fourth-order valence-corrected chi connectivity index (χ4v) is 3.63. The van der Waals surface area contributed by atoms with Crippen molar-refractivity contribution in [2.24, 2.45) is 0 Å². The van der Waals surface area contributed by atoms with Gasteiger partial charge in [-0.2, -0.15) is 0 Å². The number of carboxylic acids is 1. The van der Waals surface area contributed by atoms with Gasteiger partial charge in [0.2, 0.25) is 0 Å². The lowest BCUT2D eigenvalue weighted by Gasteiger charge is -2.10. The number of rotatable bonds is 4. The molecule has 0 radical (unpaired) electrons. The molecule has 104 valence electrons. The minimum absolute atomic E-state index is 0.347. The molecule has 0 saturated carbocycles. The number of fused-ring (bicyclic) bond motifs is 3. The van der Waals surface area contributed by atoms with E-state index in [1.165, 1.54) is 22.7 Å². The van der Waals surface area contributed by atoms with Gasteiger partial charge in [0.25, 0.3) is 5.91 Å². The van der Waals surface area contributed by atoms with E-state index in [0.717, 1.165) is 15.3 Å². The number of imidazole rings is 1. The van der Waals surface area contributed by atoms with Crippen LogP contribution in [0.1, 0.15) is 23.0 Å². The lowest BCUT2D eigenvalue weighted by atomic mass is 10.2. The Morgan fingerprint density at radius 3 is 3.05 bits per heavy atom. The first kappa shape index (κ1) is 13.1. The largest absolute Gasteiger partial charge is 0.480 e. The Bertz CT molecular complexity index is 801. The van der Waals surface area contributed by atoms with Crippen LogP contribution in [0.25, 0.3) is 15.3 Å². The van der Waals surface area contributed by atoms with Crippen LogP contribution < -0.4 is 5.32 Å². The topological polar surface area (TPSA) is 83.7 Å². The summed E-state index contributed by atoms with van der Waals surface area (Å²) in [5.41, 5.74) is 0.875. The van der Waals surface area contributed by atoms with Gasteiger partial charge < -0.3 is 10.4 Å². The summed E-state index contributed by atoms with van der Waals surface area (Å²) in [7, 11) is 0. The third-order valence-electron chi connectivity index (χ3n) is 2.98. The van der Waals surface area contributed by atoms with Gasteiger partial charge in [-0.3, -0.25) is 9.20 Å². The molecule has 3 rings (SSSR count). The molecule has 6 nitrogen and oxygen atoms in total. The van der Waals surface area contributed by atoms with Crippen molar-refractivity contribution in [3.8, 4) is 0 Å². The smallest absolute Gasteiger partial charge is 0.326 e. The summed E-state index contributed by atoms with van der Waals surface area (Å²) in [6.45, 7) is 1.72. The Morgan fingerprint density at radius 2 is 2.35 bits per heavy atom. The lowest BCUT2D eigenvalue weighted by Crippen LogP contribution is -2.39. The van der Waals surface area contributed by atoms with E-state index in [-0.39, 0.29) is 5.91 Å². The van der Waals surface area contributed by atoms with Gasteiger partial charge in [-0.1, -0.05) is 6.92 Å². The van der Waals surface area contributed by atoms with Crippen LogP contribution >= 0.6 is 22.7 Å². The Balaban J connectivity index is 1.91. The second-order valence-corrected chi connectivity index (χ2v) is 6.14. The van der Waals surface area contributed by atoms with E-state index in [0.29, 0.717) is 11.3 Å². The molecule has 0 saturated heterocycles. The summed E-state index contributed by atoms with van der Waals surface area (Å²) in [6.07, 6.45) is 2.25. The van der Waals surface area contributed by atoms with E-state index in [1.54, 1.807) is 13.0 Å². The number of aliphatic carboxylic acids is 1. The molecule has 1 atom stereocenters. The Hall–Kier alpha value is -1.93. The summed E-state index contributed by atoms with van der Waals surface area (Å²) in [6, 6.07) is 0.886. The summed E-state index contributed by atoms with van der Waals surface area (Å²) in [5, 5.41) is 13.4. The van der Waals surface area contributed by atoms with Gasteiger partial charge in [0, 0.05) is 11.6 Å². The quantitative estimate of drug-likeness (QED) is 0.774. The van der Waals surface area contributed by atoms with E-state index in [1.807, 2.05) is 16.0 Å². The molecule has 0 bridgehead atoms. The lowest BCUT2D eigenvalue weighted by molar-refractivity contribution is -0.139. The number of carbonyl (C=O) groups is 2. The van der Waals surface area contributed by atoms with Crippen LogP contribution in [0.15, 0.2) is 17.6 Å². The molecule has 2 N–H and O–H groups in total. The van der Waals surface area contributed by atoms with Crippen molar-refractivity contribution >= 4 is 49.9 Å². The third-order valence-corrected chi connectivity index (χ3v) is 4.75. The Morgan fingerprint density at radius 1 is 1.55 bits per heavy atom. The first-order valence-corrected chi connectivity index (χ1v) is 7.68. The Labute approximate surface area is 121 Å². The minimum atomic E-state index is -1.02. The molecule has 20 heavy (non-hydrogen) atoms. The zero-order valence-corrected chi connectivity index (χ0v) is 12.1. The summed E-state index contributed by atoms with van der Waals surface area (Å²) < 4.78 is 1.92. The van der Waals surface area contributed by atoms with Crippen molar-refractivity contribution < 1.29 is 14.7 Å². The maximum Gasteiger partial charge on any atom is 0.326 e. The molecular formula is C12H11N3O3S2. The fraction of sp³-hybridized carbons (Fsp3) is 0.250. The second-order valence-electron chi connectivity index (χ2n) is 4.24. The van der Waals surface area contributed by atoms with Crippen molar-refractivity contribution in [2.45, 2.75) is 19.4 Å². The van der Waals surface area contributed by atoms with Crippen LogP contribution in [0.4, 0.5) is 0 Å². The van der Waals surface area contributed by atoms with Crippen molar-refractivity contribution in [3.05, 3.63) is 22.5 Å². The molecule has 0 aliphatic heterocycles. The molecule has 1 amide bonds. The van der Waals surface area contributed by atoms with Crippen LogP contribution in [0, 0.1) is 0 Å². The fourth-order valence-electron chi connectivity index (χ4n) is 1.93. The van der Waals surface area contributed by atoms with Crippen molar-refractivity contribution in [1.29, 1.82) is 0 Å². The summed E-state index contributed by atoms with van der Waals surface area (Å²) >= 11 is 2.80. The molecule has 3 aromatic heterocycles. The van der Waals surface area contributed by atoms with E-state index >= 15 is 0 Å². The highest BCUT2D eigenvalue weighted by Crippen LogP contribution is 2.28. The molecule has 3 heterocycles. The predicted octanol–water partition coefficient (Wildman–Crippen LogP) is 2.20. The van der Waals surface area contributed by atoms with E-state index < -0.39 is 12.0 Å². The van der Waals surface area contributed by atoms with Gasteiger partial charge in [0.05, 0.1) is 10.4 Å². The monoisotopic (exact) mass is 309 g/mol. The number of hydrogen-bond donors (Lipinski definition) is 2. The normalized spacial score (nSPS) is 12.8. The van der Waals surface area contributed by atoms with Crippen LogP contribution in [0.3, 0.4) is 0 Å². The summed E-state index contributed by atoms with van der Waals surface area (Å²) in [4.78, 5) is 29.6. The van der Waals surface area contributed by atoms with Gasteiger partial charge in [-0.05, 0) is 12.5 Å². The SMILES string of the molecule is CCC(NC(=O)c1cc2c(nc3sccn32)s1)C(=O)O. The van der Waals surface area contributed by atoms with Crippen LogP contribution in [0.5, 0.6) is 0 Å². The molecule has 8 heteroatoms. The van der Waals surface area contributed by atoms with Crippen LogP contribution in [0.2, 0.25) is 0 Å². The number of nitrogens with one attached hydrogen (secondary N) is 1. The minimum Gasteiger partial charge on any atom is -0.480 e. The number of thiophene rings is 1. The number of amides is 1. The molecule has 0 fully saturated rings. The number of hydrogen-bond acceptors (Lipinski definition) is 5. The maximum absolute atomic E-state index is 12.1. The second kappa shape index (κ2) is 4.88. The average Bonchev–Trinajstić information content (AvgIpc) is 3.05. The number of nitrogens with zero attached hydrogens (tertiary/aromatic N) is 2. The highest BCUT2D eigenvalue weighted by Gasteiger charge is 2.21. The van der Waals surface area contributed by atoms with Crippen molar-refractivity contribution in [2.75, 3.05) is 0 Å². The van der Waals surface area contributed by atoms with E-state index in [4.69, 9.17) is 5.11 Å². The number of thiazole rings is 1. The maximum atomic E-state index is 12.1. The summed E-state index contributed by atoms with van der Waals surface area (Å²) in [5.74, 6) is -1.39. The Kier molecular flexibility index (Phi) is 3.19. The van der Waals surface area contributed by atoms with Crippen molar-refractivity contribution in [1.82, 2.24) is 14.7 Å². The van der Waals surface area contributed by atoms with Gasteiger partial charge in [0.1, 0.15) is 10.9 Å². The first-order chi connectivity index (χ1) is 9.60. The van der Waals surface area contributed by atoms with Gasteiger partial charge in [-0.15, -0.1) is 22.7 Å². The van der Waals surface area contributed by atoms with E-state index in [2.05, 4.69) is 10.3 Å².